The molecule has 0 fully saturated rings. The number of amides is 2. The van der Waals surface area contributed by atoms with Crippen molar-refractivity contribution in [2.45, 2.75) is 13.3 Å². The van der Waals surface area contributed by atoms with Gasteiger partial charge >= 0.3 is 0 Å². The first-order chi connectivity index (χ1) is 12.0. The summed E-state index contributed by atoms with van der Waals surface area (Å²) in [6.45, 7) is 2.21. The summed E-state index contributed by atoms with van der Waals surface area (Å²) in [4.78, 5) is 28.5. The lowest BCUT2D eigenvalue weighted by Gasteiger charge is -2.06. The van der Waals surface area contributed by atoms with Crippen LogP contribution in [0.25, 0.3) is 10.2 Å². The monoisotopic (exact) mass is 373 g/mol. The molecule has 0 spiro atoms. The van der Waals surface area contributed by atoms with Crippen molar-refractivity contribution in [3.8, 4) is 0 Å². The summed E-state index contributed by atoms with van der Waals surface area (Å²) in [6.07, 6.45) is 0.158. The number of carbonyl (C=O) groups is 2. The van der Waals surface area contributed by atoms with E-state index in [0.29, 0.717) is 15.7 Å². The lowest BCUT2D eigenvalue weighted by molar-refractivity contribution is -0.116. The lowest BCUT2D eigenvalue weighted by Crippen LogP contribution is -2.27. The van der Waals surface area contributed by atoms with Gasteiger partial charge in [-0.1, -0.05) is 47.2 Å². The highest BCUT2D eigenvalue weighted by Crippen LogP contribution is 2.27. The Morgan fingerprint density at radius 1 is 1.16 bits per heavy atom. The van der Waals surface area contributed by atoms with Crippen molar-refractivity contribution in [3.05, 3.63) is 58.6 Å². The van der Waals surface area contributed by atoms with E-state index in [-0.39, 0.29) is 24.8 Å². The summed E-state index contributed by atoms with van der Waals surface area (Å²) < 4.78 is 1.03. The van der Waals surface area contributed by atoms with E-state index in [2.05, 4.69) is 15.6 Å². The molecule has 1 heterocycles. The van der Waals surface area contributed by atoms with Crippen LogP contribution in [-0.4, -0.2) is 23.3 Å². The van der Waals surface area contributed by atoms with Gasteiger partial charge in [-0.25, -0.2) is 4.98 Å². The number of hydrogen-bond acceptors (Lipinski definition) is 4. The Morgan fingerprint density at radius 2 is 1.96 bits per heavy atom. The van der Waals surface area contributed by atoms with Gasteiger partial charge in [0.2, 0.25) is 5.91 Å². The Kier molecular flexibility index (Phi) is 5.31. The Morgan fingerprint density at radius 3 is 2.72 bits per heavy atom. The summed E-state index contributed by atoms with van der Waals surface area (Å²) in [5.41, 5.74) is 2.36. The molecular formula is C18H16ClN3O2S. The highest BCUT2D eigenvalue weighted by molar-refractivity contribution is 7.22. The zero-order valence-corrected chi connectivity index (χ0v) is 15.1. The molecule has 25 heavy (non-hydrogen) atoms. The number of aryl methyl sites for hydroxylation is 1. The summed E-state index contributed by atoms with van der Waals surface area (Å²) in [5, 5.41) is 6.41. The number of para-hydroxylation sites is 1. The van der Waals surface area contributed by atoms with Crippen LogP contribution >= 0.6 is 22.9 Å². The van der Waals surface area contributed by atoms with Crippen molar-refractivity contribution in [1.82, 2.24) is 10.3 Å². The number of rotatable bonds is 5. The molecule has 0 atom stereocenters. The lowest BCUT2D eigenvalue weighted by atomic mass is 10.2. The van der Waals surface area contributed by atoms with Crippen LogP contribution < -0.4 is 10.6 Å². The number of hydrogen-bond donors (Lipinski definition) is 2. The first-order valence-corrected chi connectivity index (χ1v) is 8.93. The van der Waals surface area contributed by atoms with Crippen LogP contribution in [0.5, 0.6) is 0 Å². The molecule has 0 aliphatic heterocycles. The number of benzene rings is 2. The molecule has 0 radical (unpaired) electrons. The molecule has 0 saturated carbocycles. The standard InChI is InChI=1S/C18H16ClN3O2S/c1-11-5-4-8-14-16(11)22-18(25-14)21-15(23)9-10-20-17(24)12-6-2-3-7-13(12)19/h2-8H,9-10H2,1H3,(H,20,24)(H,21,22,23). The van der Waals surface area contributed by atoms with Gasteiger partial charge in [0.25, 0.3) is 5.91 Å². The van der Waals surface area contributed by atoms with Crippen LogP contribution in [-0.2, 0) is 4.79 Å². The van der Waals surface area contributed by atoms with Gasteiger partial charge in [0.05, 0.1) is 20.8 Å². The van der Waals surface area contributed by atoms with E-state index < -0.39 is 0 Å². The number of nitrogens with zero attached hydrogens (tertiary/aromatic N) is 1. The van der Waals surface area contributed by atoms with E-state index in [1.807, 2.05) is 25.1 Å². The number of carbonyl (C=O) groups excluding carboxylic acids is 2. The number of fused-ring (bicyclic) bond motifs is 1. The van der Waals surface area contributed by atoms with Crippen molar-refractivity contribution in [3.63, 3.8) is 0 Å². The molecular weight excluding hydrogens is 358 g/mol. The first-order valence-electron chi connectivity index (χ1n) is 7.73. The minimum absolute atomic E-state index is 0.158. The zero-order valence-electron chi connectivity index (χ0n) is 13.5. The van der Waals surface area contributed by atoms with Crippen LogP contribution in [0.2, 0.25) is 5.02 Å². The normalized spacial score (nSPS) is 10.6. The molecule has 2 N–H and O–H groups in total. The Hall–Kier alpha value is -2.44. The number of thiazole rings is 1. The molecule has 0 aliphatic rings. The van der Waals surface area contributed by atoms with Crippen molar-refractivity contribution in [2.75, 3.05) is 11.9 Å². The summed E-state index contributed by atoms with van der Waals surface area (Å²) in [5.74, 6) is -0.495. The predicted molar refractivity (Wildman–Crippen MR) is 101 cm³/mol. The fourth-order valence-corrected chi connectivity index (χ4v) is 3.53. The SMILES string of the molecule is Cc1cccc2sc(NC(=O)CCNC(=O)c3ccccc3Cl)nc12. The van der Waals surface area contributed by atoms with E-state index in [4.69, 9.17) is 11.6 Å². The highest BCUT2D eigenvalue weighted by Gasteiger charge is 2.11. The van der Waals surface area contributed by atoms with E-state index in [1.165, 1.54) is 11.3 Å². The number of nitrogens with one attached hydrogen (secondary N) is 2. The molecule has 3 aromatic rings. The molecule has 5 nitrogen and oxygen atoms in total. The Labute approximate surface area is 154 Å². The Bertz CT molecular complexity index is 939. The van der Waals surface area contributed by atoms with Gasteiger partial charge < -0.3 is 10.6 Å². The topological polar surface area (TPSA) is 71.1 Å². The second kappa shape index (κ2) is 7.63. The van der Waals surface area contributed by atoms with Gasteiger partial charge in [-0.2, -0.15) is 0 Å². The van der Waals surface area contributed by atoms with Gasteiger partial charge in [0, 0.05) is 13.0 Å². The minimum atomic E-state index is -0.297. The van der Waals surface area contributed by atoms with E-state index in [0.717, 1.165) is 15.8 Å². The zero-order chi connectivity index (χ0) is 17.8. The van der Waals surface area contributed by atoms with Crippen LogP contribution in [0.1, 0.15) is 22.3 Å². The van der Waals surface area contributed by atoms with Crippen molar-refractivity contribution in [2.24, 2.45) is 0 Å². The molecule has 0 bridgehead atoms. The second-order valence-corrected chi connectivity index (χ2v) is 6.91. The van der Waals surface area contributed by atoms with Crippen LogP contribution in [0.15, 0.2) is 42.5 Å². The summed E-state index contributed by atoms with van der Waals surface area (Å²) >= 11 is 7.40. The van der Waals surface area contributed by atoms with Crippen molar-refractivity contribution >= 4 is 50.1 Å². The maximum absolute atomic E-state index is 12.0. The fraction of sp³-hybridized carbons (Fsp3) is 0.167. The molecule has 7 heteroatoms. The second-order valence-electron chi connectivity index (χ2n) is 5.47. The number of aromatic nitrogens is 1. The third kappa shape index (κ3) is 4.15. The van der Waals surface area contributed by atoms with Crippen LogP contribution in [0, 0.1) is 6.92 Å². The van der Waals surface area contributed by atoms with E-state index >= 15 is 0 Å². The number of halogens is 1. The van der Waals surface area contributed by atoms with Gasteiger partial charge in [-0.05, 0) is 30.7 Å². The third-order valence-corrected chi connectivity index (χ3v) is 4.89. The van der Waals surface area contributed by atoms with Crippen LogP contribution in [0.4, 0.5) is 5.13 Å². The Balaban J connectivity index is 1.53. The van der Waals surface area contributed by atoms with Gasteiger partial charge in [0.1, 0.15) is 0 Å². The molecule has 128 valence electrons. The summed E-state index contributed by atoms with van der Waals surface area (Å²) in [6, 6.07) is 12.7. The maximum atomic E-state index is 12.0. The molecule has 1 aromatic heterocycles. The molecule has 3 rings (SSSR count). The summed E-state index contributed by atoms with van der Waals surface area (Å²) in [7, 11) is 0. The van der Waals surface area contributed by atoms with E-state index in [9.17, 15) is 9.59 Å². The molecule has 0 aliphatic carbocycles. The largest absolute Gasteiger partial charge is 0.351 e. The molecule has 0 saturated heterocycles. The average molecular weight is 374 g/mol. The van der Waals surface area contributed by atoms with Gasteiger partial charge in [-0.3, -0.25) is 9.59 Å². The van der Waals surface area contributed by atoms with Gasteiger partial charge in [0.15, 0.2) is 5.13 Å². The number of anilines is 1. The van der Waals surface area contributed by atoms with Gasteiger partial charge in [-0.15, -0.1) is 0 Å². The fourth-order valence-electron chi connectivity index (χ4n) is 2.35. The molecule has 0 unspecified atom stereocenters. The predicted octanol–water partition coefficient (Wildman–Crippen LogP) is 4.02. The van der Waals surface area contributed by atoms with Crippen LogP contribution in [0.3, 0.4) is 0 Å². The van der Waals surface area contributed by atoms with E-state index in [1.54, 1.807) is 24.3 Å². The molecule has 2 aromatic carbocycles. The maximum Gasteiger partial charge on any atom is 0.252 e. The third-order valence-electron chi connectivity index (χ3n) is 3.62. The average Bonchev–Trinajstić information content (AvgIpc) is 2.99. The smallest absolute Gasteiger partial charge is 0.252 e. The first kappa shape index (κ1) is 17.4. The highest BCUT2D eigenvalue weighted by atomic mass is 35.5. The van der Waals surface area contributed by atoms with Crippen molar-refractivity contribution < 1.29 is 9.59 Å². The minimum Gasteiger partial charge on any atom is -0.351 e. The molecule has 2 amide bonds. The van der Waals surface area contributed by atoms with Crippen molar-refractivity contribution in [1.29, 1.82) is 0 Å². The quantitative estimate of drug-likeness (QED) is 0.709.